The predicted molar refractivity (Wildman–Crippen MR) is 243 cm³/mol. The van der Waals surface area contributed by atoms with Gasteiger partial charge < -0.3 is 9.64 Å². The number of anilines is 3. The number of fused-ring (bicyclic) bond motifs is 3. The standard InChI is InChI=1S/C56H37NO/c1-3-15-38(16-4-1)39-31-33-43(34-32-39)57(52-29-9-7-23-47(52)50-26-13-20-41-19-12-25-46(55(41)50)40-17-5-2-6-18-40)44-22-11-21-42(37-44)45-35-36-54-56-49(45)27-14-28-51(56)48-24-8-10-30-53(48)58-54/h1-37H. The normalized spacial score (nSPS) is 11.6. The number of nitrogens with zero attached hydrogens (tertiary/aromatic N) is 1. The van der Waals surface area contributed by atoms with Crippen molar-refractivity contribution in [3.8, 4) is 67.1 Å². The number of rotatable bonds is 7. The van der Waals surface area contributed by atoms with Crippen LogP contribution in [0.3, 0.4) is 0 Å². The van der Waals surface area contributed by atoms with Gasteiger partial charge in [-0.15, -0.1) is 0 Å². The monoisotopic (exact) mass is 739 g/mol. The molecule has 0 unspecified atom stereocenters. The van der Waals surface area contributed by atoms with Crippen LogP contribution in [-0.4, -0.2) is 0 Å². The highest BCUT2D eigenvalue weighted by Gasteiger charge is 2.23. The molecule has 2 heteroatoms. The van der Waals surface area contributed by atoms with E-state index in [0.717, 1.165) is 50.6 Å². The number of benzene rings is 10. The van der Waals surface area contributed by atoms with Crippen LogP contribution in [0.1, 0.15) is 0 Å². The van der Waals surface area contributed by atoms with E-state index in [2.05, 4.69) is 217 Å². The van der Waals surface area contributed by atoms with Gasteiger partial charge >= 0.3 is 0 Å². The molecule has 10 aromatic carbocycles. The van der Waals surface area contributed by atoms with E-state index in [1.54, 1.807) is 0 Å². The summed E-state index contributed by atoms with van der Waals surface area (Å²) in [6, 6.07) is 80.7. The Morgan fingerprint density at radius 2 is 0.879 bits per heavy atom. The first-order valence-electron chi connectivity index (χ1n) is 19.8. The minimum atomic E-state index is 0.892. The van der Waals surface area contributed by atoms with E-state index in [1.165, 1.54) is 55.1 Å². The fourth-order valence-electron chi connectivity index (χ4n) is 8.83. The molecule has 10 aromatic rings. The number of para-hydroxylation sites is 2. The van der Waals surface area contributed by atoms with Gasteiger partial charge in [-0.3, -0.25) is 0 Å². The molecule has 0 saturated carbocycles. The number of ether oxygens (including phenoxy) is 1. The molecule has 0 spiro atoms. The molecule has 11 rings (SSSR count). The lowest BCUT2D eigenvalue weighted by Gasteiger charge is -2.29. The van der Waals surface area contributed by atoms with Crippen molar-refractivity contribution in [2.45, 2.75) is 0 Å². The van der Waals surface area contributed by atoms with Gasteiger partial charge in [-0.2, -0.15) is 0 Å². The van der Waals surface area contributed by atoms with E-state index < -0.39 is 0 Å². The van der Waals surface area contributed by atoms with Gasteiger partial charge in [0.05, 0.1) is 5.69 Å². The highest BCUT2D eigenvalue weighted by molar-refractivity contribution is 6.11. The fourth-order valence-corrected chi connectivity index (χ4v) is 8.83. The summed E-state index contributed by atoms with van der Waals surface area (Å²) in [5.41, 5.74) is 15.0. The predicted octanol–water partition coefficient (Wildman–Crippen LogP) is 15.9. The lowest BCUT2D eigenvalue weighted by atomic mass is 9.90. The summed E-state index contributed by atoms with van der Waals surface area (Å²) in [6.07, 6.45) is 0. The van der Waals surface area contributed by atoms with E-state index in [0.29, 0.717) is 0 Å². The molecule has 0 amide bonds. The van der Waals surface area contributed by atoms with Gasteiger partial charge in [0.15, 0.2) is 0 Å². The molecule has 2 nitrogen and oxygen atoms in total. The molecule has 272 valence electrons. The molecule has 0 N–H and O–H groups in total. The lowest BCUT2D eigenvalue weighted by Crippen LogP contribution is -2.11. The molecular weight excluding hydrogens is 703 g/mol. The average molecular weight is 740 g/mol. The largest absolute Gasteiger partial charge is 0.456 e. The molecule has 0 saturated heterocycles. The van der Waals surface area contributed by atoms with Gasteiger partial charge in [0.2, 0.25) is 0 Å². The van der Waals surface area contributed by atoms with E-state index in [-0.39, 0.29) is 0 Å². The molecular formula is C56H37NO. The molecule has 0 fully saturated rings. The van der Waals surface area contributed by atoms with Crippen molar-refractivity contribution < 1.29 is 4.74 Å². The zero-order chi connectivity index (χ0) is 38.4. The van der Waals surface area contributed by atoms with Crippen molar-refractivity contribution in [1.29, 1.82) is 0 Å². The van der Waals surface area contributed by atoms with Crippen molar-refractivity contribution in [3.05, 3.63) is 224 Å². The molecule has 58 heavy (non-hydrogen) atoms. The molecule has 0 atom stereocenters. The summed E-state index contributed by atoms with van der Waals surface area (Å²) in [5.74, 6) is 1.79. The van der Waals surface area contributed by atoms with Crippen LogP contribution in [0, 0.1) is 0 Å². The Morgan fingerprint density at radius 3 is 1.67 bits per heavy atom. The smallest absolute Gasteiger partial charge is 0.135 e. The number of hydrogen-bond acceptors (Lipinski definition) is 2. The first-order chi connectivity index (χ1) is 28.8. The van der Waals surface area contributed by atoms with Crippen LogP contribution in [0.15, 0.2) is 224 Å². The van der Waals surface area contributed by atoms with Crippen LogP contribution in [0.25, 0.3) is 77.2 Å². The zero-order valence-corrected chi connectivity index (χ0v) is 31.7. The second kappa shape index (κ2) is 14.1. The third kappa shape index (κ3) is 5.74. The fraction of sp³-hybridized carbons (Fsp3) is 0. The molecule has 1 aliphatic rings. The first-order valence-corrected chi connectivity index (χ1v) is 19.8. The Labute approximate surface area is 338 Å². The van der Waals surface area contributed by atoms with Crippen LogP contribution in [0.2, 0.25) is 0 Å². The van der Waals surface area contributed by atoms with Gasteiger partial charge in [0, 0.05) is 27.9 Å². The molecule has 0 bridgehead atoms. The van der Waals surface area contributed by atoms with E-state index in [9.17, 15) is 0 Å². The van der Waals surface area contributed by atoms with Crippen LogP contribution < -0.4 is 9.64 Å². The van der Waals surface area contributed by atoms with Gasteiger partial charge in [-0.25, -0.2) is 0 Å². The molecule has 1 aliphatic heterocycles. The van der Waals surface area contributed by atoms with E-state index >= 15 is 0 Å². The number of hydrogen-bond donors (Lipinski definition) is 0. The van der Waals surface area contributed by atoms with Crippen molar-refractivity contribution >= 4 is 38.6 Å². The van der Waals surface area contributed by atoms with Gasteiger partial charge in [0.25, 0.3) is 0 Å². The first kappa shape index (κ1) is 33.6. The molecule has 0 aromatic heterocycles. The maximum atomic E-state index is 6.47. The Kier molecular flexibility index (Phi) is 8.19. The Balaban J connectivity index is 1.11. The second-order valence-electron chi connectivity index (χ2n) is 14.8. The highest BCUT2D eigenvalue weighted by atomic mass is 16.5. The Bertz CT molecular complexity index is 3130. The highest BCUT2D eigenvalue weighted by Crippen LogP contribution is 2.50. The maximum absolute atomic E-state index is 6.47. The summed E-state index contributed by atoms with van der Waals surface area (Å²) in [5, 5.41) is 4.77. The quantitative estimate of drug-likeness (QED) is 0.161. The van der Waals surface area contributed by atoms with Gasteiger partial charge in [-0.05, 0) is 103 Å². The van der Waals surface area contributed by atoms with Crippen molar-refractivity contribution in [2.75, 3.05) is 4.90 Å². The molecule has 0 aliphatic carbocycles. The lowest BCUT2D eigenvalue weighted by molar-refractivity contribution is 0.487. The summed E-state index contributed by atoms with van der Waals surface area (Å²) in [6.45, 7) is 0. The Morgan fingerprint density at radius 1 is 0.293 bits per heavy atom. The van der Waals surface area contributed by atoms with Crippen LogP contribution in [0.4, 0.5) is 17.1 Å². The minimum Gasteiger partial charge on any atom is -0.456 e. The SMILES string of the molecule is c1ccc(-c2ccc(N(c3cccc(-c4ccc5c6c(cccc46)-c4ccccc4O5)c3)c3ccccc3-c3cccc4cccc(-c5ccccc5)c34)cc2)cc1. The second-order valence-corrected chi connectivity index (χ2v) is 14.8. The van der Waals surface area contributed by atoms with Crippen LogP contribution in [0.5, 0.6) is 11.5 Å². The Hall–Kier alpha value is -7.68. The van der Waals surface area contributed by atoms with Crippen LogP contribution >= 0.6 is 0 Å². The van der Waals surface area contributed by atoms with Crippen molar-refractivity contribution in [2.24, 2.45) is 0 Å². The third-order valence-electron chi connectivity index (χ3n) is 11.5. The third-order valence-corrected chi connectivity index (χ3v) is 11.5. The van der Waals surface area contributed by atoms with Crippen LogP contribution in [-0.2, 0) is 0 Å². The summed E-state index contributed by atoms with van der Waals surface area (Å²) < 4.78 is 6.47. The van der Waals surface area contributed by atoms with Crippen molar-refractivity contribution in [1.82, 2.24) is 0 Å². The topological polar surface area (TPSA) is 12.5 Å². The minimum absolute atomic E-state index is 0.892. The summed E-state index contributed by atoms with van der Waals surface area (Å²) in [7, 11) is 0. The zero-order valence-electron chi connectivity index (χ0n) is 31.7. The van der Waals surface area contributed by atoms with Crippen molar-refractivity contribution in [3.63, 3.8) is 0 Å². The van der Waals surface area contributed by atoms with Gasteiger partial charge in [0.1, 0.15) is 11.5 Å². The summed E-state index contributed by atoms with van der Waals surface area (Å²) in [4.78, 5) is 2.42. The summed E-state index contributed by atoms with van der Waals surface area (Å²) >= 11 is 0. The molecule has 1 heterocycles. The average Bonchev–Trinajstić information content (AvgIpc) is 3.30. The maximum Gasteiger partial charge on any atom is 0.135 e. The van der Waals surface area contributed by atoms with E-state index in [1.807, 2.05) is 12.1 Å². The van der Waals surface area contributed by atoms with Gasteiger partial charge in [-0.1, -0.05) is 182 Å². The molecule has 0 radical (unpaired) electrons. The van der Waals surface area contributed by atoms with E-state index in [4.69, 9.17) is 4.74 Å².